The van der Waals surface area contributed by atoms with E-state index in [1.54, 1.807) is 0 Å². The molecule has 0 aliphatic heterocycles. The smallest absolute Gasteiger partial charge is 0.354 e. The number of rotatable bonds is 5. The minimum atomic E-state index is -1.15. The second kappa shape index (κ2) is 6.65. The summed E-state index contributed by atoms with van der Waals surface area (Å²) >= 11 is 0. The molecule has 0 bridgehead atoms. The summed E-state index contributed by atoms with van der Waals surface area (Å²) < 4.78 is 0. The van der Waals surface area contributed by atoms with E-state index >= 15 is 0 Å². The minimum Gasteiger partial charge on any atom is -0.477 e. The lowest BCUT2D eigenvalue weighted by Crippen LogP contribution is -2.23. The van der Waals surface area contributed by atoms with E-state index in [0.29, 0.717) is 6.54 Å². The van der Waals surface area contributed by atoms with Gasteiger partial charge in [0.25, 0.3) is 5.91 Å². The average molecular weight is 284 g/mol. The molecule has 2 aromatic rings. The third-order valence-electron chi connectivity index (χ3n) is 3.18. The van der Waals surface area contributed by atoms with E-state index in [4.69, 9.17) is 5.11 Å². The third-order valence-corrected chi connectivity index (χ3v) is 3.18. The van der Waals surface area contributed by atoms with Gasteiger partial charge in [0.2, 0.25) is 0 Å². The van der Waals surface area contributed by atoms with Gasteiger partial charge in [0.1, 0.15) is 5.69 Å². The van der Waals surface area contributed by atoms with E-state index in [1.165, 1.54) is 23.9 Å². The van der Waals surface area contributed by atoms with Gasteiger partial charge in [-0.15, -0.1) is 0 Å². The van der Waals surface area contributed by atoms with Crippen molar-refractivity contribution in [1.29, 1.82) is 0 Å². The van der Waals surface area contributed by atoms with Crippen molar-refractivity contribution in [2.75, 3.05) is 0 Å². The van der Waals surface area contributed by atoms with E-state index in [1.807, 2.05) is 24.3 Å². The Morgan fingerprint density at radius 3 is 2.57 bits per heavy atom. The monoisotopic (exact) mass is 284 g/mol. The summed E-state index contributed by atoms with van der Waals surface area (Å²) in [6, 6.07) is 10.6. The highest BCUT2D eigenvalue weighted by Gasteiger charge is 2.10. The Kier molecular flexibility index (Phi) is 4.66. The first-order chi connectivity index (χ1) is 10.1. The van der Waals surface area contributed by atoms with Gasteiger partial charge in [0.15, 0.2) is 0 Å². The topological polar surface area (TPSA) is 79.3 Å². The predicted molar refractivity (Wildman–Crippen MR) is 78.2 cm³/mol. The number of carboxylic acids is 1. The molecule has 0 aliphatic rings. The van der Waals surface area contributed by atoms with E-state index in [9.17, 15) is 9.59 Å². The first kappa shape index (κ1) is 14.7. The molecule has 5 heteroatoms. The molecule has 0 saturated heterocycles. The van der Waals surface area contributed by atoms with Crippen molar-refractivity contribution < 1.29 is 14.7 Å². The molecular formula is C16H16N2O3. The highest BCUT2D eigenvalue weighted by Crippen LogP contribution is 2.09. The van der Waals surface area contributed by atoms with E-state index in [0.717, 1.165) is 12.0 Å². The molecule has 5 nitrogen and oxygen atoms in total. The van der Waals surface area contributed by atoms with Crippen LogP contribution in [0.4, 0.5) is 0 Å². The Bertz CT molecular complexity index is 668. The summed E-state index contributed by atoms with van der Waals surface area (Å²) in [5, 5.41) is 11.7. The molecule has 1 aromatic heterocycles. The maximum Gasteiger partial charge on any atom is 0.354 e. The molecule has 21 heavy (non-hydrogen) atoms. The fourth-order valence-corrected chi connectivity index (χ4v) is 2.04. The molecule has 0 aliphatic carbocycles. The fourth-order valence-electron chi connectivity index (χ4n) is 2.04. The molecule has 2 rings (SSSR count). The fraction of sp³-hybridized carbons (Fsp3) is 0.188. The molecule has 0 spiro atoms. The second-order valence-corrected chi connectivity index (χ2v) is 4.54. The van der Waals surface area contributed by atoms with Gasteiger partial charge in [-0.05, 0) is 29.7 Å². The van der Waals surface area contributed by atoms with Crippen LogP contribution < -0.4 is 5.32 Å². The lowest BCUT2D eigenvalue weighted by molar-refractivity contribution is 0.0690. The number of amides is 1. The minimum absolute atomic E-state index is 0.142. The van der Waals surface area contributed by atoms with Crippen molar-refractivity contribution in [3.8, 4) is 0 Å². The number of aromatic nitrogens is 1. The zero-order valence-electron chi connectivity index (χ0n) is 11.7. The zero-order chi connectivity index (χ0) is 15.2. The number of carbonyl (C=O) groups excluding carboxylic acids is 1. The highest BCUT2D eigenvalue weighted by atomic mass is 16.4. The number of benzene rings is 1. The number of aryl methyl sites for hydroxylation is 1. The molecule has 0 fully saturated rings. The number of aromatic carboxylic acids is 1. The van der Waals surface area contributed by atoms with Crippen molar-refractivity contribution in [2.24, 2.45) is 0 Å². The number of nitrogens with one attached hydrogen (secondary N) is 1. The largest absolute Gasteiger partial charge is 0.477 e. The lowest BCUT2D eigenvalue weighted by Gasteiger charge is -2.09. The Labute approximate surface area is 122 Å². The molecule has 1 heterocycles. The van der Waals surface area contributed by atoms with Gasteiger partial charge in [0.05, 0.1) is 0 Å². The summed E-state index contributed by atoms with van der Waals surface area (Å²) in [5.74, 6) is -1.47. The summed E-state index contributed by atoms with van der Waals surface area (Å²) in [4.78, 5) is 26.6. The van der Waals surface area contributed by atoms with E-state index in [-0.39, 0.29) is 17.2 Å². The quantitative estimate of drug-likeness (QED) is 0.882. The van der Waals surface area contributed by atoms with Crippen LogP contribution in [0, 0.1) is 0 Å². The molecule has 0 radical (unpaired) electrons. The molecule has 1 amide bonds. The SMILES string of the molecule is CCc1ccccc1CNC(=O)c1ccnc(C(=O)O)c1. The molecule has 0 unspecified atom stereocenters. The number of carboxylic acid groups (broad SMARTS) is 1. The maximum absolute atomic E-state index is 12.1. The van der Waals surface area contributed by atoms with Gasteiger partial charge in [-0.25, -0.2) is 9.78 Å². The number of hydrogen-bond donors (Lipinski definition) is 2. The van der Waals surface area contributed by atoms with Gasteiger partial charge in [-0.2, -0.15) is 0 Å². The van der Waals surface area contributed by atoms with E-state index < -0.39 is 5.97 Å². The molecule has 0 atom stereocenters. The van der Waals surface area contributed by atoms with Crippen LogP contribution in [0.1, 0.15) is 38.9 Å². The van der Waals surface area contributed by atoms with Crippen LogP contribution in [0.25, 0.3) is 0 Å². The Morgan fingerprint density at radius 1 is 1.19 bits per heavy atom. The number of hydrogen-bond acceptors (Lipinski definition) is 3. The summed E-state index contributed by atoms with van der Waals surface area (Å²) in [6.07, 6.45) is 2.21. The first-order valence-corrected chi connectivity index (χ1v) is 6.66. The van der Waals surface area contributed by atoms with Crippen molar-refractivity contribution in [3.63, 3.8) is 0 Å². The first-order valence-electron chi connectivity index (χ1n) is 6.66. The standard InChI is InChI=1S/C16H16N2O3/c1-2-11-5-3-4-6-13(11)10-18-15(19)12-7-8-17-14(9-12)16(20)21/h3-9H,2,10H2,1H3,(H,18,19)(H,20,21). The van der Waals surface area contributed by atoms with Gasteiger partial charge in [-0.1, -0.05) is 31.2 Å². The normalized spacial score (nSPS) is 10.1. The van der Waals surface area contributed by atoms with Gasteiger partial charge < -0.3 is 10.4 Å². The van der Waals surface area contributed by atoms with Crippen LogP contribution in [-0.2, 0) is 13.0 Å². The van der Waals surface area contributed by atoms with E-state index in [2.05, 4.69) is 17.2 Å². The van der Waals surface area contributed by atoms with Crippen LogP contribution in [0.15, 0.2) is 42.6 Å². The number of carbonyl (C=O) groups is 2. The highest BCUT2D eigenvalue weighted by molar-refractivity contribution is 5.96. The number of nitrogens with zero attached hydrogens (tertiary/aromatic N) is 1. The third kappa shape index (κ3) is 3.66. The van der Waals surface area contributed by atoms with Crippen molar-refractivity contribution in [1.82, 2.24) is 10.3 Å². The Balaban J connectivity index is 2.08. The Hall–Kier alpha value is -2.69. The van der Waals surface area contributed by atoms with Crippen LogP contribution in [-0.4, -0.2) is 22.0 Å². The summed E-state index contributed by atoms with van der Waals surface area (Å²) in [7, 11) is 0. The summed E-state index contributed by atoms with van der Waals surface area (Å²) in [6.45, 7) is 2.47. The zero-order valence-corrected chi connectivity index (χ0v) is 11.7. The molecular weight excluding hydrogens is 268 g/mol. The van der Waals surface area contributed by atoms with Crippen LogP contribution >= 0.6 is 0 Å². The molecule has 0 saturated carbocycles. The van der Waals surface area contributed by atoms with Crippen LogP contribution in [0.3, 0.4) is 0 Å². The van der Waals surface area contributed by atoms with Crippen LogP contribution in [0.5, 0.6) is 0 Å². The summed E-state index contributed by atoms with van der Waals surface area (Å²) in [5.41, 5.74) is 2.38. The van der Waals surface area contributed by atoms with Gasteiger partial charge in [-0.3, -0.25) is 4.79 Å². The van der Waals surface area contributed by atoms with Gasteiger partial charge in [0, 0.05) is 18.3 Å². The predicted octanol–water partition coefficient (Wildman–Crippen LogP) is 2.27. The second-order valence-electron chi connectivity index (χ2n) is 4.54. The molecule has 1 aromatic carbocycles. The van der Waals surface area contributed by atoms with Crippen molar-refractivity contribution in [3.05, 3.63) is 65.0 Å². The van der Waals surface area contributed by atoms with Crippen molar-refractivity contribution in [2.45, 2.75) is 19.9 Å². The molecule has 2 N–H and O–H groups in total. The average Bonchev–Trinajstić information content (AvgIpc) is 2.52. The van der Waals surface area contributed by atoms with Crippen LogP contribution in [0.2, 0.25) is 0 Å². The number of pyridine rings is 1. The van der Waals surface area contributed by atoms with Crippen molar-refractivity contribution >= 4 is 11.9 Å². The molecule has 108 valence electrons. The van der Waals surface area contributed by atoms with Gasteiger partial charge >= 0.3 is 5.97 Å². The Morgan fingerprint density at radius 2 is 1.90 bits per heavy atom. The maximum atomic E-state index is 12.1. The lowest BCUT2D eigenvalue weighted by atomic mass is 10.1.